The summed E-state index contributed by atoms with van der Waals surface area (Å²) < 4.78 is 41.2. The van der Waals surface area contributed by atoms with Gasteiger partial charge in [0, 0.05) is 89.4 Å². The normalized spacial score (nSPS) is 23.7. The number of rotatable bonds is 12. The summed E-state index contributed by atoms with van der Waals surface area (Å²) in [6.07, 6.45) is -3.55. The van der Waals surface area contributed by atoms with Gasteiger partial charge in [0.25, 0.3) is 0 Å². The largest absolute Gasteiger partial charge is 0.417 e. The van der Waals surface area contributed by atoms with E-state index in [-0.39, 0.29) is 70.4 Å². The lowest BCUT2D eigenvalue weighted by atomic mass is 9.94. The van der Waals surface area contributed by atoms with E-state index in [2.05, 4.69) is 16.0 Å². The van der Waals surface area contributed by atoms with Gasteiger partial charge < -0.3 is 60.0 Å². The molecule has 3 N–H and O–H groups in total. The predicted molar refractivity (Wildman–Crippen MR) is 356 cm³/mol. The summed E-state index contributed by atoms with van der Waals surface area (Å²) in [7, 11) is 12.6. The third-order valence-electron chi connectivity index (χ3n) is 18.4. The van der Waals surface area contributed by atoms with Crippen LogP contribution in [0.5, 0.6) is 0 Å². The van der Waals surface area contributed by atoms with E-state index in [0.717, 1.165) is 42.2 Å². The predicted octanol–water partition coefficient (Wildman–Crippen LogP) is 4.40. The molecular formula is C68H102ClF3N12O12. The van der Waals surface area contributed by atoms with Crippen LogP contribution < -0.4 is 16.0 Å². The van der Waals surface area contributed by atoms with Crippen molar-refractivity contribution in [3.05, 3.63) is 69.7 Å². The van der Waals surface area contributed by atoms with Gasteiger partial charge in [0.15, 0.2) is 0 Å². The van der Waals surface area contributed by atoms with Crippen molar-refractivity contribution in [1.82, 2.24) is 60.0 Å². The minimum Gasteiger partial charge on any atom is -0.354 e. The number of amides is 12. The molecule has 28 heteroatoms. The molecule has 2 aromatic carbocycles. The molecule has 2 aliphatic rings. The number of aryl methyl sites for hydroxylation is 2. The standard InChI is InChI=1S/C68H102ClF3N12O12/c1-17-43(6)59-66(95)79(12)39-57(88)77(10)40-58(89)81(14)52(36-46-26-24-42(5)25-27-46)65(94)78(11)38-54(85)74-49(31-29-45-28-30-47(48(69)35-45)68(70,71)72)63(92)84-33-21-22-50(84)61(90)73-32-20-19-23-55(86)83(16)60(44(7)18-2)67(96)82(15)53(64(93)76(8)9)37-56(87)80(13)51(34-41(3)4)62(91)75-59/h24-28,30,35,41,43-44,49-53,59-60H,17-23,29,31-34,36-40H2,1-16H3,(H,73,90)(H,74,85)(H,75,91)/t43-,44-,49-,50-,51-,52-,53-,59-,60-/m0/s1. The number of nitrogens with one attached hydrogen (secondary N) is 3. The van der Waals surface area contributed by atoms with Gasteiger partial charge in [-0.2, -0.15) is 13.2 Å². The van der Waals surface area contributed by atoms with Crippen molar-refractivity contribution in [3.63, 3.8) is 0 Å². The van der Waals surface area contributed by atoms with Crippen LogP contribution in [-0.4, -0.2) is 253 Å². The first kappa shape index (κ1) is 80.6. The van der Waals surface area contributed by atoms with E-state index in [1.165, 1.54) is 89.1 Å². The highest BCUT2D eigenvalue weighted by atomic mass is 35.5. The molecule has 2 fully saturated rings. The summed E-state index contributed by atoms with van der Waals surface area (Å²) in [5.41, 5.74) is 0.785. The van der Waals surface area contributed by atoms with Crippen LogP contribution in [0.1, 0.15) is 128 Å². The van der Waals surface area contributed by atoms with Crippen LogP contribution in [0.3, 0.4) is 0 Å². The lowest BCUT2D eigenvalue weighted by Gasteiger charge is -2.38. The zero-order valence-corrected chi connectivity index (χ0v) is 59.5. The zero-order valence-electron chi connectivity index (χ0n) is 58.8. The molecule has 2 saturated heterocycles. The van der Waals surface area contributed by atoms with Crippen molar-refractivity contribution in [3.8, 4) is 0 Å². The Labute approximate surface area is 568 Å². The molecule has 534 valence electrons. The van der Waals surface area contributed by atoms with E-state index in [9.17, 15) is 70.7 Å². The Bertz CT molecular complexity index is 3100. The van der Waals surface area contributed by atoms with Crippen LogP contribution in [0, 0.1) is 24.7 Å². The number of carbonyl (C=O) groups is 12. The molecule has 2 aromatic rings. The minimum absolute atomic E-state index is 0.0502. The molecule has 9 atom stereocenters. The van der Waals surface area contributed by atoms with E-state index >= 15 is 0 Å². The average Bonchev–Trinajstić information content (AvgIpc) is 1.49. The number of benzene rings is 2. The summed E-state index contributed by atoms with van der Waals surface area (Å²) in [6.45, 7) is 11.1. The fourth-order valence-corrected chi connectivity index (χ4v) is 12.1. The number of alkyl halides is 3. The van der Waals surface area contributed by atoms with Crippen LogP contribution in [0.25, 0.3) is 0 Å². The molecule has 0 bridgehead atoms. The summed E-state index contributed by atoms with van der Waals surface area (Å²) in [5, 5.41) is 7.83. The second-order valence-corrected chi connectivity index (χ2v) is 26.9. The van der Waals surface area contributed by atoms with Gasteiger partial charge in [-0.1, -0.05) is 102 Å². The van der Waals surface area contributed by atoms with Gasteiger partial charge in [-0.05, 0) is 92.9 Å². The molecule has 4 rings (SSSR count). The summed E-state index contributed by atoms with van der Waals surface area (Å²) in [4.78, 5) is 183. The van der Waals surface area contributed by atoms with Crippen molar-refractivity contribution in [2.75, 3.05) is 96.2 Å². The minimum atomic E-state index is -4.75. The van der Waals surface area contributed by atoms with Crippen molar-refractivity contribution in [1.29, 1.82) is 0 Å². The molecule has 0 unspecified atom stereocenters. The first-order valence-corrected chi connectivity index (χ1v) is 33.3. The zero-order chi connectivity index (χ0) is 72.4. The van der Waals surface area contributed by atoms with Crippen molar-refractivity contribution in [2.24, 2.45) is 17.8 Å². The van der Waals surface area contributed by atoms with Crippen molar-refractivity contribution < 1.29 is 70.7 Å². The van der Waals surface area contributed by atoms with Crippen LogP contribution in [-0.2, 0) is 76.6 Å². The Morgan fingerprint density at radius 1 is 0.646 bits per heavy atom. The Morgan fingerprint density at radius 3 is 1.82 bits per heavy atom. The smallest absolute Gasteiger partial charge is 0.354 e. The third kappa shape index (κ3) is 22.1. The number of halogens is 4. The second-order valence-electron chi connectivity index (χ2n) is 26.5. The lowest BCUT2D eigenvalue weighted by Crippen LogP contribution is -2.59. The Kier molecular flexibility index (Phi) is 30.6. The van der Waals surface area contributed by atoms with Crippen LogP contribution >= 0.6 is 11.6 Å². The van der Waals surface area contributed by atoms with Gasteiger partial charge in [-0.25, -0.2) is 0 Å². The summed E-state index contributed by atoms with van der Waals surface area (Å²) in [5.74, 6) is -8.91. The molecule has 2 aliphatic heterocycles. The highest BCUT2D eigenvalue weighted by Crippen LogP contribution is 2.35. The SMILES string of the molecule is CC[C@H](C)[C@@H]1NC(=O)[C@H](CC(C)C)N(C)C(=O)C[C@@H](C(=O)N(C)C)N(C)C(=O)[C@H]([C@@H](C)CC)N(C)C(=O)CCCCNC(=O)[C@@H]2CCCN2C(=O)[C@H](CCc2ccc(C(F)(F)F)c(Cl)c2)NC(=O)CN(C)C(=O)[C@H](Cc2ccc(C)cc2)N(C)C(=O)CN(C)C(=O)CN(C)C1=O. The molecule has 0 radical (unpaired) electrons. The highest BCUT2D eigenvalue weighted by Gasteiger charge is 2.43. The molecule has 2 heterocycles. The molecule has 12 amide bonds. The number of nitrogens with zero attached hydrogens (tertiary/aromatic N) is 9. The number of carbonyl (C=O) groups excluding carboxylic acids is 12. The monoisotopic (exact) mass is 1370 g/mol. The third-order valence-corrected chi connectivity index (χ3v) is 18.8. The maximum Gasteiger partial charge on any atom is 0.417 e. The first-order valence-electron chi connectivity index (χ1n) is 32.9. The highest BCUT2D eigenvalue weighted by molar-refractivity contribution is 6.31. The van der Waals surface area contributed by atoms with E-state index in [0.29, 0.717) is 30.4 Å². The van der Waals surface area contributed by atoms with Gasteiger partial charge in [0.05, 0.1) is 36.6 Å². The van der Waals surface area contributed by atoms with Crippen LogP contribution in [0.15, 0.2) is 42.5 Å². The number of likely N-dealkylation sites (N-methyl/N-ethyl adjacent to an activating group) is 8. The fraction of sp³-hybridized carbons (Fsp3) is 0.647. The Morgan fingerprint density at radius 2 is 1.24 bits per heavy atom. The van der Waals surface area contributed by atoms with Gasteiger partial charge in [-0.15, -0.1) is 0 Å². The summed E-state index contributed by atoms with van der Waals surface area (Å²) >= 11 is 6.08. The molecule has 0 spiro atoms. The van der Waals surface area contributed by atoms with Crippen molar-refractivity contribution in [2.45, 2.75) is 174 Å². The van der Waals surface area contributed by atoms with Crippen LogP contribution in [0.4, 0.5) is 13.2 Å². The molecule has 24 nitrogen and oxygen atoms in total. The number of hydrogen-bond acceptors (Lipinski definition) is 12. The molecule has 96 heavy (non-hydrogen) atoms. The van der Waals surface area contributed by atoms with E-state index in [1.807, 2.05) is 46.8 Å². The molecular weight excluding hydrogens is 1270 g/mol. The van der Waals surface area contributed by atoms with Crippen LogP contribution in [0.2, 0.25) is 5.02 Å². The first-order chi connectivity index (χ1) is 44.9. The lowest BCUT2D eigenvalue weighted by molar-refractivity contribution is -0.153. The molecule has 0 aliphatic carbocycles. The topological polar surface area (TPSA) is 270 Å². The fourth-order valence-electron chi connectivity index (χ4n) is 11.8. The van der Waals surface area contributed by atoms with Gasteiger partial charge in [-0.3, -0.25) is 57.5 Å². The maximum atomic E-state index is 14.8. The Balaban J connectivity index is 1.78. The van der Waals surface area contributed by atoms with Gasteiger partial charge in [0.2, 0.25) is 70.9 Å². The average molecular weight is 1370 g/mol. The van der Waals surface area contributed by atoms with E-state index < -0.39 is 168 Å². The van der Waals surface area contributed by atoms with Gasteiger partial charge >= 0.3 is 6.18 Å². The molecule has 0 aromatic heterocycles. The van der Waals surface area contributed by atoms with E-state index in [4.69, 9.17) is 11.6 Å². The maximum absolute atomic E-state index is 14.8. The van der Waals surface area contributed by atoms with Gasteiger partial charge in [0.1, 0.15) is 42.3 Å². The Hall–Kier alpha value is -7.84. The number of hydrogen-bond donors (Lipinski definition) is 3. The van der Waals surface area contributed by atoms with Crippen molar-refractivity contribution >= 4 is 82.5 Å². The second kappa shape index (κ2) is 36.5. The quantitative estimate of drug-likeness (QED) is 0.267. The summed E-state index contributed by atoms with van der Waals surface area (Å²) in [6, 6.07) is 1.75. The van der Waals surface area contributed by atoms with E-state index in [1.54, 1.807) is 26.0 Å². The molecule has 0 saturated carbocycles. The number of fused-ring (bicyclic) bond motifs is 1.